The molecule has 0 saturated carbocycles. The van der Waals surface area contributed by atoms with Gasteiger partial charge in [-0.2, -0.15) is 0 Å². The monoisotopic (exact) mass is 250 g/mol. The predicted octanol–water partition coefficient (Wildman–Crippen LogP) is 0.870. The molecule has 1 aliphatic rings. The first-order chi connectivity index (χ1) is 8.61. The molecular weight excluding hydrogens is 232 g/mol. The van der Waals surface area contributed by atoms with E-state index in [0.29, 0.717) is 18.8 Å². The number of hydrogen-bond acceptors (Lipinski definition) is 5. The van der Waals surface area contributed by atoms with Gasteiger partial charge in [-0.05, 0) is 19.1 Å². The molecule has 1 aromatic heterocycles. The fourth-order valence-electron chi connectivity index (χ4n) is 2.05. The number of aliphatic hydroxyl groups excluding tert-OH is 1. The van der Waals surface area contributed by atoms with Gasteiger partial charge in [-0.1, -0.05) is 0 Å². The average Bonchev–Trinajstić information content (AvgIpc) is 2.39. The van der Waals surface area contributed by atoms with Crippen LogP contribution in [0, 0.1) is 0 Å². The topological polar surface area (TPSA) is 62.7 Å². The van der Waals surface area contributed by atoms with Crippen molar-refractivity contribution in [3.8, 4) is 0 Å². The van der Waals surface area contributed by atoms with Gasteiger partial charge in [0, 0.05) is 19.5 Å². The Kier molecular flexibility index (Phi) is 3.93. The molecule has 0 aromatic carbocycles. The number of ketones is 1. The molecule has 2 atom stereocenters. The van der Waals surface area contributed by atoms with E-state index in [-0.39, 0.29) is 24.5 Å². The van der Waals surface area contributed by atoms with Crippen molar-refractivity contribution in [1.29, 1.82) is 0 Å². The van der Waals surface area contributed by atoms with Crippen LogP contribution in [0.15, 0.2) is 18.3 Å². The van der Waals surface area contributed by atoms with Crippen LogP contribution in [0.4, 0.5) is 5.69 Å². The third kappa shape index (κ3) is 2.68. The van der Waals surface area contributed by atoms with Crippen LogP contribution in [-0.4, -0.2) is 47.8 Å². The molecule has 1 aromatic rings. The van der Waals surface area contributed by atoms with Gasteiger partial charge in [-0.25, -0.2) is 0 Å². The molecule has 0 aliphatic carbocycles. The predicted molar refractivity (Wildman–Crippen MR) is 67.9 cm³/mol. The summed E-state index contributed by atoms with van der Waals surface area (Å²) < 4.78 is 5.49. The maximum Gasteiger partial charge on any atom is 0.178 e. The quantitative estimate of drug-likeness (QED) is 0.806. The van der Waals surface area contributed by atoms with Crippen molar-refractivity contribution < 1.29 is 14.6 Å². The summed E-state index contributed by atoms with van der Waals surface area (Å²) in [5.74, 6) is -0.0372. The highest BCUT2D eigenvalue weighted by molar-refractivity contribution is 5.92. The lowest BCUT2D eigenvalue weighted by Crippen LogP contribution is -2.49. The average molecular weight is 250 g/mol. The van der Waals surface area contributed by atoms with E-state index in [4.69, 9.17) is 9.84 Å². The molecule has 2 heterocycles. The zero-order valence-electron chi connectivity index (χ0n) is 10.7. The Bertz CT molecular complexity index is 419. The number of carbonyl (C=O) groups is 1. The van der Waals surface area contributed by atoms with Crippen LogP contribution in [-0.2, 0) is 4.74 Å². The summed E-state index contributed by atoms with van der Waals surface area (Å²) in [6.07, 6.45) is 1.54. The molecule has 5 heteroatoms. The highest BCUT2D eigenvalue weighted by atomic mass is 16.5. The second-order valence-electron chi connectivity index (χ2n) is 4.60. The number of hydrogen-bond donors (Lipinski definition) is 1. The van der Waals surface area contributed by atoms with Crippen molar-refractivity contribution in [1.82, 2.24) is 4.98 Å². The third-order valence-corrected chi connectivity index (χ3v) is 3.15. The van der Waals surface area contributed by atoms with Crippen molar-refractivity contribution >= 4 is 11.5 Å². The van der Waals surface area contributed by atoms with Gasteiger partial charge in [0.05, 0.1) is 31.2 Å². The van der Waals surface area contributed by atoms with E-state index in [9.17, 15) is 4.79 Å². The molecule has 5 nitrogen and oxygen atoms in total. The second-order valence-corrected chi connectivity index (χ2v) is 4.60. The van der Waals surface area contributed by atoms with Crippen LogP contribution >= 0.6 is 0 Å². The van der Waals surface area contributed by atoms with Crippen LogP contribution in [0.5, 0.6) is 0 Å². The number of ether oxygens (including phenoxy) is 1. The van der Waals surface area contributed by atoms with E-state index in [1.54, 1.807) is 12.3 Å². The van der Waals surface area contributed by atoms with Crippen molar-refractivity contribution in [3.05, 3.63) is 24.0 Å². The summed E-state index contributed by atoms with van der Waals surface area (Å²) >= 11 is 0. The minimum Gasteiger partial charge on any atom is -0.394 e. The van der Waals surface area contributed by atoms with Gasteiger partial charge in [-0.3, -0.25) is 9.78 Å². The van der Waals surface area contributed by atoms with Crippen LogP contribution in [0.2, 0.25) is 0 Å². The maximum atomic E-state index is 11.2. The highest BCUT2D eigenvalue weighted by Crippen LogP contribution is 2.21. The first kappa shape index (κ1) is 13.0. The molecular formula is C13H18N2O3. The van der Waals surface area contributed by atoms with Gasteiger partial charge < -0.3 is 14.7 Å². The first-order valence-corrected chi connectivity index (χ1v) is 6.08. The smallest absolute Gasteiger partial charge is 0.178 e. The number of carbonyl (C=O) groups excluding carboxylic acids is 1. The molecule has 98 valence electrons. The second kappa shape index (κ2) is 5.46. The van der Waals surface area contributed by atoms with Crippen molar-refractivity contribution in [2.24, 2.45) is 0 Å². The zero-order chi connectivity index (χ0) is 13.1. The number of pyridine rings is 1. The van der Waals surface area contributed by atoms with Gasteiger partial charge >= 0.3 is 0 Å². The molecule has 2 rings (SSSR count). The lowest BCUT2D eigenvalue weighted by molar-refractivity contribution is -0.0103. The van der Waals surface area contributed by atoms with E-state index < -0.39 is 0 Å². The number of aromatic nitrogens is 1. The summed E-state index contributed by atoms with van der Waals surface area (Å²) in [4.78, 5) is 17.5. The maximum absolute atomic E-state index is 11.2. The Labute approximate surface area is 106 Å². The van der Waals surface area contributed by atoms with Gasteiger partial charge in [-0.15, -0.1) is 0 Å². The number of nitrogens with zero attached hydrogens (tertiary/aromatic N) is 2. The lowest BCUT2D eigenvalue weighted by atomic mass is 10.1. The van der Waals surface area contributed by atoms with E-state index >= 15 is 0 Å². The van der Waals surface area contributed by atoms with Gasteiger partial charge in [0.2, 0.25) is 0 Å². The van der Waals surface area contributed by atoms with Crippen LogP contribution in [0.25, 0.3) is 0 Å². The fourth-order valence-corrected chi connectivity index (χ4v) is 2.05. The number of aliphatic hydroxyl groups is 1. The Hall–Kier alpha value is -1.46. The minimum atomic E-state index is -0.159. The van der Waals surface area contributed by atoms with E-state index in [0.717, 1.165) is 5.69 Å². The van der Waals surface area contributed by atoms with Crippen molar-refractivity contribution in [2.45, 2.75) is 26.0 Å². The molecule has 1 N–H and O–H groups in total. The Morgan fingerprint density at radius 2 is 2.39 bits per heavy atom. The molecule has 1 fully saturated rings. The van der Waals surface area contributed by atoms with Crippen molar-refractivity contribution in [3.63, 3.8) is 0 Å². The van der Waals surface area contributed by atoms with Crippen LogP contribution in [0.1, 0.15) is 24.3 Å². The summed E-state index contributed by atoms with van der Waals surface area (Å²) in [6, 6.07) is 3.85. The standard InChI is InChI=1S/C13H18N2O3/c1-9-8-18-12(7-16)6-15(9)11-3-4-13(10(2)17)14-5-11/h3-5,9,12,16H,6-8H2,1-2H3. The first-order valence-electron chi connectivity index (χ1n) is 6.08. The lowest BCUT2D eigenvalue weighted by Gasteiger charge is -2.38. The molecule has 0 bridgehead atoms. The fraction of sp³-hybridized carbons (Fsp3) is 0.538. The molecule has 2 unspecified atom stereocenters. The number of anilines is 1. The molecule has 18 heavy (non-hydrogen) atoms. The van der Waals surface area contributed by atoms with Crippen molar-refractivity contribution in [2.75, 3.05) is 24.7 Å². The molecule has 0 radical (unpaired) electrons. The summed E-state index contributed by atoms with van der Waals surface area (Å²) in [6.45, 7) is 4.80. The minimum absolute atomic E-state index is 0.0160. The SMILES string of the molecule is CC(=O)c1ccc(N2CC(CO)OCC2C)cn1. The molecule has 0 spiro atoms. The van der Waals surface area contributed by atoms with Crippen LogP contribution < -0.4 is 4.90 Å². The summed E-state index contributed by atoms with van der Waals surface area (Å²) in [5, 5.41) is 9.15. The van der Waals surface area contributed by atoms with E-state index in [1.807, 2.05) is 6.07 Å². The molecule has 1 saturated heterocycles. The molecule has 0 amide bonds. The molecule has 1 aliphatic heterocycles. The summed E-state index contributed by atoms with van der Waals surface area (Å²) in [5.41, 5.74) is 1.42. The largest absolute Gasteiger partial charge is 0.394 e. The zero-order valence-corrected chi connectivity index (χ0v) is 10.7. The number of morpholine rings is 1. The van der Waals surface area contributed by atoms with Gasteiger partial charge in [0.25, 0.3) is 0 Å². The summed E-state index contributed by atoms with van der Waals surface area (Å²) in [7, 11) is 0. The number of Topliss-reactive ketones (excluding diaryl/α,β-unsaturated/α-hetero) is 1. The Morgan fingerprint density at radius 3 is 2.94 bits per heavy atom. The van der Waals surface area contributed by atoms with Crippen LogP contribution in [0.3, 0.4) is 0 Å². The number of rotatable bonds is 3. The highest BCUT2D eigenvalue weighted by Gasteiger charge is 2.25. The third-order valence-electron chi connectivity index (χ3n) is 3.15. The Morgan fingerprint density at radius 1 is 1.61 bits per heavy atom. The normalized spacial score (nSPS) is 24.1. The van der Waals surface area contributed by atoms with Gasteiger partial charge in [0.15, 0.2) is 5.78 Å². The van der Waals surface area contributed by atoms with Gasteiger partial charge in [0.1, 0.15) is 5.69 Å². The van der Waals surface area contributed by atoms with E-state index in [2.05, 4.69) is 16.8 Å². The van der Waals surface area contributed by atoms with E-state index in [1.165, 1.54) is 6.92 Å². The Balaban J connectivity index is 2.16.